The summed E-state index contributed by atoms with van der Waals surface area (Å²) in [6, 6.07) is 24.4. The number of rotatable bonds is 8. The molecule has 31 heavy (non-hydrogen) atoms. The number of carbonyl (C=O) groups excluding carboxylic acids is 1. The van der Waals surface area contributed by atoms with Crippen LogP contribution in [0.3, 0.4) is 0 Å². The second kappa shape index (κ2) is 10.8. The van der Waals surface area contributed by atoms with Gasteiger partial charge >= 0.3 is 0 Å². The summed E-state index contributed by atoms with van der Waals surface area (Å²) in [5, 5.41) is 3.30. The lowest BCUT2D eigenvalue weighted by Crippen LogP contribution is -2.17. The van der Waals surface area contributed by atoms with E-state index in [1.165, 1.54) is 0 Å². The molecule has 4 aromatic rings. The summed E-state index contributed by atoms with van der Waals surface area (Å²) in [6.45, 7) is 0.566. The zero-order valence-electron chi connectivity index (χ0n) is 16.6. The molecule has 0 atom stereocenters. The number of carbonyl (C=O) groups is 1. The van der Waals surface area contributed by atoms with Gasteiger partial charge < -0.3 is 10.1 Å². The standard InChI is InChI=1S/C24H20N4O2.ClH/c29-18-28(20-6-4-9-22(16-20)30-21-7-2-1-3-8-21)23-10-5-13-26-24(23)27-17-19-11-14-25-15-12-19;/h1-16,18H,17H2,(H,26,27);1H. The van der Waals surface area contributed by atoms with E-state index in [4.69, 9.17) is 4.74 Å². The molecule has 0 aliphatic carbocycles. The Morgan fingerprint density at radius 1 is 0.871 bits per heavy atom. The zero-order valence-corrected chi connectivity index (χ0v) is 17.4. The van der Waals surface area contributed by atoms with Gasteiger partial charge in [-0.1, -0.05) is 24.3 Å². The maximum atomic E-state index is 12.0. The Labute approximate surface area is 187 Å². The Kier molecular flexibility index (Phi) is 7.56. The van der Waals surface area contributed by atoms with Gasteiger partial charge in [-0.25, -0.2) is 4.98 Å². The number of hydrogen-bond donors (Lipinski definition) is 1. The van der Waals surface area contributed by atoms with Crippen LogP contribution in [0.4, 0.5) is 17.2 Å². The van der Waals surface area contributed by atoms with E-state index in [9.17, 15) is 4.79 Å². The van der Waals surface area contributed by atoms with Gasteiger partial charge in [0.05, 0.1) is 11.4 Å². The average molecular weight is 433 g/mol. The van der Waals surface area contributed by atoms with Gasteiger partial charge in [-0.05, 0) is 54.1 Å². The van der Waals surface area contributed by atoms with Gasteiger partial charge in [-0.15, -0.1) is 12.4 Å². The lowest BCUT2D eigenvalue weighted by atomic mass is 10.2. The van der Waals surface area contributed by atoms with Gasteiger partial charge in [0.15, 0.2) is 5.82 Å². The van der Waals surface area contributed by atoms with Crippen molar-refractivity contribution >= 4 is 36.0 Å². The van der Waals surface area contributed by atoms with Gasteiger partial charge in [0.2, 0.25) is 6.41 Å². The maximum Gasteiger partial charge on any atom is 0.218 e. The first-order chi connectivity index (χ1) is 14.8. The molecule has 2 aromatic heterocycles. The van der Waals surface area contributed by atoms with Gasteiger partial charge in [0, 0.05) is 31.2 Å². The summed E-state index contributed by atoms with van der Waals surface area (Å²) in [5.74, 6) is 1.98. The highest BCUT2D eigenvalue weighted by atomic mass is 35.5. The van der Waals surface area contributed by atoms with Crippen molar-refractivity contribution < 1.29 is 9.53 Å². The van der Waals surface area contributed by atoms with Crippen molar-refractivity contribution in [2.24, 2.45) is 0 Å². The van der Waals surface area contributed by atoms with Crippen LogP contribution in [0.15, 0.2) is 97.5 Å². The number of para-hydroxylation sites is 1. The fourth-order valence-electron chi connectivity index (χ4n) is 2.99. The Hall–Kier alpha value is -3.90. The van der Waals surface area contributed by atoms with E-state index in [-0.39, 0.29) is 12.4 Å². The number of amides is 1. The molecule has 0 spiro atoms. The average Bonchev–Trinajstić information content (AvgIpc) is 2.81. The first-order valence-corrected chi connectivity index (χ1v) is 9.49. The fraction of sp³-hybridized carbons (Fsp3) is 0.0417. The Bertz CT molecular complexity index is 1110. The number of hydrogen-bond acceptors (Lipinski definition) is 5. The van der Waals surface area contributed by atoms with Gasteiger partial charge in [-0.3, -0.25) is 14.7 Å². The molecule has 7 heteroatoms. The molecular weight excluding hydrogens is 412 g/mol. The molecule has 156 valence electrons. The number of pyridine rings is 2. The quantitative estimate of drug-likeness (QED) is 0.367. The van der Waals surface area contributed by atoms with E-state index < -0.39 is 0 Å². The number of halogens is 1. The van der Waals surface area contributed by atoms with Crippen molar-refractivity contribution in [2.45, 2.75) is 6.54 Å². The highest BCUT2D eigenvalue weighted by Crippen LogP contribution is 2.32. The molecule has 0 saturated heterocycles. The van der Waals surface area contributed by atoms with E-state index in [1.807, 2.05) is 72.8 Å². The summed E-state index contributed by atoms with van der Waals surface area (Å²) in [7, 11) is 0. The van der Waals surface area contributed by atoms with Crippen LogP contribution in [0.2, 0.25) is 0 Å². The van der Waals surface area contributed by atoms with E-state index >= 15 is 0 Å². The van der Waals surface area contributed by atoms with Crippen molar-refractivity contribution in [3.63, 3.8) is 0 Å². The molecule has 0 aliphatic heterocycles. The molecule has 6 nitrogen and oxygen atoms in total. The van der Waals surface area contributed by atoms with E-state index in [0.29, 0.717) is 29.5 Å². The molecule has 0 saturated carbocycles. The second-order valence-corrected chi connectivity index (χ2v) is 6.47. The number of nitrogens with zero attached hydrogens (tertiary/aromatic N) is 3. The highest BCUT2D eigenvalue weighted by molar-refractivity contribution is 5.91. The van der Waals surface area contributed by atoms with Gasteiger partial charge in [0.1, 0.15) is 11.5 Å². The third-order valence-electron chi connectivity index (χ3n) is 4.44. The summed E-state index contributed by atoms with van der Waals surface area (Å²) in [6.07, 6.45) is 5.95. The first-order valence-electron chi connectivity index (χ1n) is 9.49. The topological polar surface area (TPSA) is 67.4 Å². The van der Waals surface area contributed by atoms with E-state index in [1.54, 1.807) is 29.6 Å². The number of anilines is 3. The molecule has 0 bridgehead atoms. The number of aromatic nitrogens is 2. The van der Waals surface area contributed by atoms with Crippen LogP contribution in [0.25, 0.3) is 0 Å². The van der Waals surface area contributed by atoms with Gasteiger partial charge in [-0.2, -0.15) is 0 Å². The van der Waals surface area contributed by atoms with Crippen LogP contribution in [0, 0.1) is 0 Å². The lowest BCUT2D eigenvalue weighted by molar-refractivity contribution is -0.106. The van der Waals surface area contributed by atoms with Crippen LogP contribution in [0.1, 0.15) is 5.56 Å². The lowest BCUT2D eigenvalue weighted by Gasteiger charge is -2.21. The normalized spacial score (nSPS) is 9.94. The first kappa shape index (κ1) is 21.8. The van der Waals surface area contributed by atoms with Crippen molar-refractivity contribution in [3.8, 4) is 11.5 Å². The van der Waals surface area contributed by atoms with E-state index in [2.05, 4.69) is 15.3 Å². The van der Waals surface area contributed by atoms with E-state index in [0.717, 1.165) is 17.7 Å². The van der Waals surface area contributed by atoms with Crippen LogP contribution in [-0.4, -0.2) is 16.4 Å². The Morgan fingerprint density at radius 3 is 2.42 bits per heavy atom. The van der Waals surface area contributed by atoms with Gasteiger partial charge in [0.25, 0.3) is 0 Å². The smallest absolute Gasteiger partial charge is 0.218 e. The summed E-state index contributed by atoms with van der Waals surface area (Å²) < 4.78 is 5.91. The number of nitrogens with one attached hydrogen (secondary N) is 1. The number of ether oxygens (including phenoxy) is 1. The molecule has 0 fully saturated rings. The third-order valence-corrected chi connectivity index (χ3v) is 4.44. The molecule has 2 heterocycles. The van der Waals surface area contributed by atoms with Crippen molar-refractivity contribution in [1.82, 2.24) is 9.97 Å². The highest BCUT2D eigenvalue weighted by Gasteiger charge is 2.14. The largest absolute Gasteiger partial charge is 0.457 e. The zero-order chi connectivity index (χ0) is 20.6. The Balaban J connectivity index is 0.00000272. The number of benzene rings is 2. The fourth-order valence-corrected chi connectivity index (χ4v) is 2.99. The minimum absolute atomic E-state index is 0. The monoisotopic (exact) mass is 432 g/mol. The van der Waals surface area contributed by atoms with Crippen LogP contribution >= 0.6 is 12.4 Å². The Morgan fingerprint density at radius 2 is 1.65 bits per heavy atom. The molecule has 2 aromatic carbocycles. The molecule has 0 radical (unpaired) electrons. The minimum Gasteiger partial charge on any atom is -0.457 e. The van der Waals surface area contributed by atoms with Crippen molar-refractivity contribution in [3.05, 3.63) is 103 Å². The molecule has 0 unspecified atom stereocenters. The molecule has 1 amide bonds. The van der Waals surface area contributed by atoms with Crippen molar-refractivity contribution in [1.29, 1.82) is 0 Å². The van der Waals surface area contributed by atoms with Crippen LogP contribution in [0.5, 0.6) is 11.5 Å². The summed E-state index contributed by atoms with van der Waals surface area (Å²) in [5.41, 5.74) is 2.40. The third kappa shape index (κ3) is 5.58. The van der Waals surface area contributed by atoms with Crippen LogP contribution in [-0.2, 0) is 11.3 Å². The molecule has 0 aliphatic rings. The molecule has 4 rings (SSSR count). The summed E-state index contributed by atoms with van der Waals surface area (Å²) >= 11 is 0. The predicted molar refractivity (Wildman–Crippen MR) is 124 cm³/mol. The predicted octanol–water partition coefficient (Wildman–Crippen LogP) is 5.60. The summed E-state index contributed by atoms with van der Waals surface area (Å²) in [4.78, 5) is 22.0. The second-order valence-electron chi connectivity index (χ2n) is 6.47. The van der Waals surface area contributed by atoms with Crippen LogP contribution < -0.4 is 15.0 Å². The molecule has 1 N–H and O–H groups in total. The molecular formula is C24H21ClN4O2. The van der Waals surface area contributed by atoms with Crippen molar-refractivity contribution in [2.75, 3.05) is 10.2 Å². The maximum absolute atomic E-state index is 12.0. The SMILES string of the molecule is Cl.O=CN(c1cccc(Oc2ccccc2)c1)c1cccnc1NCc1ccncc1. The minimum atomic E-state index is 0.